The summed E-state index contributed by atoms with van der Waals surface area (Å²) in [6.45, 7) is 6.11. The minimum Gasteiger partial charge on any atom is -0.336 e. The van der Waals surface area contributed by atoms with Gasteiger partial charge in [0, 0.05) is 43.3 Å². The Labute approximate surface area is 131 Å². The summed E-state index contributed by atoms with van der Waals surface area (Å²) in [6, 6.07) is 7.43. The fourth-order valence-electron chi connectivity index (χ4n) is 2.28. The molecule has 1 atom stereocenters. The molecule has 1 saturated heterocycles. The van der Waals surface area contributed by atoms with Crippen LogP contribution in [-0.2, 0) is 4.79 Å². The van der Waals surface area contributed by atoms with Gasteiger partial charge in [-0.2, -0.15) is 0 Å². The Bertz CT molecular complexity index is 507. The van der Waals surface area contributed by atoms with E-state index in [2.05, 4.69) is 17.6 Å². The third kappa shape index (κ3) is 4.72. The first-order chi connectivity index (χ1) is 9.60. The van der Waals surface area contributed by atoms with E-state index in [4.69, 9.17) is 0 Å². The Morgan fingerprint density at radius 3 is 2.86 bits per heavy atom. The van der Waals surface area contributed by atoms with Gasteiger partial charge in [0.1, 0.15) is 0 Å². The number of carbonyl (C=O) groups is 2. The van der Waals surface area contributed by atoms with Gasteiger partial charge in [0.2, 0.25) is 5.91 Å². The average Bonchev–Trinajstić information content (AvgIpc) is 2.46. The van der Waals surface area contributed by atoms with Crippen molar-refractivity contribution in [3.8, 4) is 0 Å². The number of halogens is 1. The highest BCUT2D eigenvalue weighted by Gasteiger charge is 2.21. The fourth-order valence-corrected chi connectivity index (χ4v) is 2.28. The molecule has 0 aliphatic carbocycles. The van der Waals surface area contributed by atoms with Gasteiger partial charge in [-0.15, -0.1) is 12.4 Å². The van der Waals surface area contributed by atoms with Crippen LogP contribution in [-0.4, -0.2) is 42.4 Å². The number of carbonyl (C=O) groups excluding carboxylic acids is 2. The molecular formula is C15H22ClN3O2. The van der Waals surface area contributed by atoms with Crippen molar-refractivity contribution in [2.75, 3.05) is 25.0 Å². The summed E-state index contributed by atoms with van der Waals surface area (Å²) in [5.41, 5.74) is 1.29. The number of piperazine rings is 1. The molecule has 2 N–H and O–H groups in total. The van der Waals surface area contributed by atoms with Crippen LogP contribution in [0, 0.1) is 0 Å². The number of amides is 2. The van der Waals surface area contributed by atoms with E-state index in [1.54, 1.807) is 31.2 Å². The molecule has 6 heteroatoms. The molecule has 0 spiro atoms. The predicted molar refractivity (Wildman–Crippen MR) is 86.0 cm³/mol. The molecule has 1 heterocycles. The first kappa shape index (κ1) is 17.5. The molecular weight excluding hydrogens is 290 g/mol. The predicted octanol–water partition coefficient (Wildman–Crippen LogP) is 1.89. The van der Waals surface area contributed by atoms with Crippen molar-refractivity contribution in [1.29, 1.82) is 0 Å². The molecule has 2 amide bonds. The SMILES string of the molecule is CCC(=O)Nc1cccc(C(=O)N2CCNC(C)C2)c1.Cl. The number of hydrogen-bond donors (Lipinski definition) is 2. The molecule has 1 aliphatic heterocycles. The lowest BCUT2D eigenvalue weighted by Gasteiger charge is -2.32. The monoisotopic (exact) mass is 311 g/mol. The lowest BCUT2D eigenvalue weighted by Crippen LogP contribution is -2.51. The van der Waals surface area contributed by atoms with E-state index in [1.807, 2.05) is 4.90 Å². The maximum Gasteiger partial charge on any atom is 0.254 e. The van der Waals surface area contributed by atoms with Gasteiger partial charge in [0.15, 0.2) is 0 Å². The maximum atomic E-state index is 12.4. The van der Waals surface area contributed by atoms with E-state index >= 15 is 0 Å². The van der Waals surface area contributed by atoms with Gasteiger partial charge in [0.05, 0.1) is 0 Å². The maximum absolute atomic E-state index is 12.4. The van der Waals surface area contributed by atoms with E-state index in [1.165, 1.54) is 0 Å². The average molecular weight is 312 g/mol. The van der Waals surface area contributed by atoms with Crippen LogP contribution < -0.4 is 10.6 Å². The second kappa shape index (κ2) is 8.00. The molecule has 1 unspecified atom stereocenters. The first-order valence-corrected chi connectivity index (χ1v) is 7.02. The number of nitrogens with zero attached hydrogens (tertiary/aromatic N) is 1. The summed E-state index contributed by atoms with van der Waals surface area (Å²) < 4.78 is 0. The minimum absolute atomic E-state index is 0. The normalized spacial score (nSPS) is 17.8. The summed E-state index contributed by atoms with van der Waals surface area (Å²) in [5.74, 6) is -0.0312. The van der Waals surface area contributed by atoms with Crippen LogP contribution in [0.4, 0.5) is 5.69 Å². The standard InChI is InChI=1S/C15H21N3O2.ClH/c1-3-14(19)17-13-6-4-5-12(9-13)15(20)18-8-7-16-11(2)10-18;/h4-6,9,11,16H,3,7-8,10H2,1-2H3,(H,17,19);1H. The molecule has 21 heavy (non-hydrogen) atoms. The minimum atomic E-state index is -0.0506. The van der Waals surface area contributed by atoms with Crippen molar-refractivity contribution in [1.82, 2.24) is 10.2 Å². The molecule has 116 valence electrons. The van der Waals surface area contributed by atoms with Crippen molar-refractivity contribution in [2.24, 2.45) is 0 Å². The molecule has 1 aliphatic rings. The van der Waals surface area contributed by atoms with Gasteiger partial charge in [0.25, 0.3) is 5.91 Å². The Morgan fingerprint density at radius 1 is 1.43 bits per heavy atom. The Balaban J connectivity index is 0.00000220. The zero-order valence-corrected chi connectivity index (χ0v) is 13.2. The molecule has 0 saturated carbocycles. The zero-order chi connectivity index (χ0) is 14.5. The highest BCUT2D eigenvalue weighted by Crippen LogP contribution is 2.14. The molecule has 0 bridgehead atoms. The number of rotatable bonds is 3. The largest absolute Gasteiger partial charge is 0.336 e. The van der Waals surface area contributed by atoms with Crippen molar-refractivity contribution in [3.05, 3.63) is 29.8 Å². The molecule has 2 rings (SSSR count). The van der Waals surface area contributed by atoms with Crippen LogP contribution in [0.2, 0.25) is 0 Å². The van der Waals surface area contributed by atoms with Crippen molar-refractivity contribution >= 4 is 29.9 Å². The van der Waals surface area contributed by atoms with E-state index in [0.717, 1.165) is 6.54 Å². The second-order valence-electron chi connectivity index (χ2n) is 5.09. The Morgan fingerprint density at radius 2 is 2.19 bits per heavy atom. The molecule has 1 fully saturated rings. The summed E-state index contributed by atoms with van der Waals surface area (Å²) in [4.78, 5) is 25.7. The van der Waals surface area contributed by atoms with E-state index in [-0.39, 0.29) is 24.2 Å². The quantitative estimate of drug-likeness (QED) is 0.896. The summed E-state index contributed by atoms with van der Waals surface area (Å²) in [5, 5.41) is 6.09. The van der Waals surface area contributed by atoms with E-state index < -0.39 is 0 Å². The van der Waals surface area contributed by atoms with Crippen LogP contribution >= 0.6 is 12.4 Å². The summed E-state index contributed by atoms with van der Waals surface area (Å²) in [7, 11) is 0. The lowest BCUT2D eigenvalue weighted by atomic mass is 10.1. The highest BCUT2D eigenvalue weighted by molar-refractivity contribution is 5.97. The molecule has 0 aromatic heterocycles. The molecule has 1 aromatic rings. The van der Waals surface area contributed by atoms with Gasteiger partial charge in [-0.3, -0.25) is 9.59 Å². The third-order valence-electron chi connectivity index (χ3n) is 3.37. The third-order valence-corrected chi connectivity index (χ3v) is 3.37. The Hall–Kier alpha value is -1.59. The van der Waals surface area contributed by atoms with Crippen molar-refractivity contribution < 1.29 is 9.59 Å². The van der Waals surface area contributed by atoms with Gasteiger partial charge < -0.3 is 15.5 Å². The fraction of sp³-hybridized carbons (Fsp3) is 0.467. The van der Waals surface area contributed by atoms with Crippen LogP contribution in [0.15, 0.2) is 24.3 Å². The number of hydrogen-bond acceptors (Lipinski definition) is 3. The van der Waals surface area contributed by atoms with Gasteiger partial charge in [-0.05, 0) is 25.1 Å². The topological polar surface area (TPSA) is 61.4 Å². The highest BCUT2D eigenvalue weighted by atomic mass is 35.5. The van der Waals surface area contributed by atoms with Gasteiger partial charge in [-0.1, -0.05) is 13.0 Å². The summed E-state index contributed by atoms with van der Waals surface area (Å²) >= 11 is 0. The number of anilines is 1. The summed E-state index contributed by atoms with van der Waals surface area (Å²) in [6.07, 6.45) is 0.424. The molecule has 0 radical (unpaired) electrons. The van der Waals surface area contributed by atoms with E-state index in [9.17, 15) is 9.59 Å². The number of nitrogens with one attached hydrogen (secondary N) is 2. The zero-order valence-electron chi connectivity index (χ0n) is 12.4. The van der Waals surface area contributed by atoms with Crippen LogP contribution in [0.5, 0.6) is 0 Å². The number of benzene rings is 1. The Kier molecular flexibility index (Phi) is 6.65. The molecule has 5 nitrogen and oxygen atoms in total. The smallest absolute Gasteiger partial charge is 0.254 e. The van der Waals surface area contributed by atoms with Gasteiger partial charge >= 0.3 is 0 Å². The first-order valence-electron chi connectivity index (χ1n) is 7.02. The van der Waals surface area contributed by atoms with Crippen molar-refractivity contribution in [3.63, 3.8) is 0 Å². The second-order valence-corrected chi connectivity index (χ2v) is 5.09. The van der Waals surface area contributed by atoms with Crippen LogP contribution in [0.25, 0.3) is 0 Å². The van der Waals surface area contributed by atoms with E-state index in [0.29, 0.717) is 36.8 Å². The van der Waals surface area contributed by atoms with Crippen LogP contribution in [0.1, 0.15) is 30.6 Å². The van der Waals surface area contributed by atoms with Gasteiger partial charge in [-0.25, -0.2) is 0 Å². The van der Waals surface area contributed by atoms with Crippen LogP contribution in [0.3, 0.4) is 0 Å². The molecule has 1 aromatic carbocycles. The lowest BCUT2D eigenvalue weighted by molar-refractivity contribution is -0.115. The van der Waals surface area contributed by atoms with Crippen molar-refractivity contribution in [2.45, 2.75) is 26.3 Å².